The molecule has 2 aromatic rings. The minimum absolute atomic E-state index is 0.0412. The highest BCUT2D eigenvalue weighted by Gasteiger charge is 2.34. The van der Waals surface area contributed by atoms with Crippen LogP contribution >= 0.6 is 27.5 Å². The van der Waals surface area contributed by atoms with Gasteiger partial charge in [0.05, 0.1) is 17.5 Å². The standard InChI is InChI=1S/C28H36BrClN4O3S/c1-2-15-38(36,37)34-9-7-20(8-10-34)16-26(35)32-11-13-33(14-12-32)28-25-6-5-24(30)18-21(25)3-4-22-17-23(29)19-31-27(22)28/h5-6,17-20,28H,2-4,7-16H2,1H3/t28-/m1/s1. The van der Waals surface area contributed by atoms with E-state index in [1.807, 2.05) is 24.1 Å². The average molecular weight is 624 g/mol. The molecule has 7 nitrogen and oxygen atoms in total. The van der Waals surface area contributed by atoms with Gasteiger partial charge in [0, 0.05) is 61.4 Å². The van der Waals surface area contributed by atoms with Crippen LogP contribution in [0, 0.1) is 5.92 Å². The molecule has 5 rings (SSSR count). The second kappa shape index (κ2) is 11.9. The van der Waals surface area contributed by atoms with Crippen LogP contribution in [-0.2, 0) is 27.7 Å². The number of piperidine rings is 1. The van der Waals surface area contributed by atoms with E-state index in [-0.39, 0.29) is 23.6 Å². The Labute approximate surface area is 239 Å². The fourth-order valence-electron chi connectivity index (χ4n) is 6.17. The van der Waals surface area contributed by atoms with Gasteiger partial charge in [-0.2, -0.15) is 0 Å². The SMILES string of the molecule is CCCS(=O)(=O)N1CCC(CC(=O)N2CCN([C@@H]3c4ccc(Cl)cc4CCc4cc(Br)cnc43)CC2)CC1. The van der Waals surface area contributed by atoms with Crippen LogP contribution in [0.4, 0.5) is 0 Å². The lowest BCUT2D eigenvalue weighted by molar-refractivity contribution is -0.134. The third-order valence-corrected chi connectivity index (χ3v) is 11.0. The number of aromatic nitrogens is 1. The fourth-order valence-corrected chi connectivity index (χ4v) is 8.28. The van der Waals surface area contributed by atoms with Crippen molar-refractivity contribution in [3.05, 3.63) is 62.3 Å². The van der Waals surface area contributed by atoms with Crippen LogP contribution in [0.15, 0.2) is 34.9 Å². The van der Waals surface area contributed by atoms with Crippen molar-refractivity contribution in [1.29, 1.82) is 0 Å². The molecule has 0 bridgehead atoms. The van der Waals surface area contributed by atoms with Crippen molar-refractivity contribution in [1.82, 2.24) is 19.1 Å². The van der Waals surface area contributed by atoms with Crippen LogP contribution in [0.2, 0.25) is 5.02 Å². The van der Waals surface area contributed by atoms with Crippen molar-refractivity contribution >= 4 is 43.5 Å². The highest BCUT2D eigenvalue weighted by Crippen LogP contribution is 2.38. The van der Waals surface area contributed by atoms with Crippen molar-refractivity contribution in [3.8, 4) is 0 Å². The maximum Gasteiger partial charge on any atom is 0.222 e. The monoisotopic (exact) mass is 622 g/mol. The van der Waals surface area contributed by atoms with Crippen molar-refractivity contribution in [2.45, 2.75) is 51.5 Å². The first-order valence-corrected chi connectivity index (χ1v) is 16.5. The van der Waals surface area contributed by atoms with Gasteiger partial charge in [0.15, 0.2) is 0 Å². The first kappa shape index (κ1) is 28.0. The Morgan fingerprint density at radius 3 is 2.47 bits per heavy atom. The third kappa shape index (κ3) is 6.12. The lowest BCUT2D eigenvalue weighted by atomic mass is 9.93. The second-order valence-corrected chi connectivity index (χ2v) is 14.2. The number of piperazine rings is 1. The van der Waals surface area contributed by atoms with E-state index >= 15 is 0 Å². The van der Waals surface area contributed by atoms with E-state index in [1.165, 1.54) is 16.7 Å². The van der Waals surface area contributed by atoms with E-state index in [9.17, 15) is 13.2 Å². The van der Waals surface area contributed by atoms with Crippen LogP contribution in [0.3, 0.4) is 0 Å². The lowest BCUT2D eigenvalue weighted by Gasteiger charge is -2.40. The number of aryl methyl sites for hydroxylation is 2. The van der Waals surface area contributed by atoms with Crippen LogP contribution in [0.25, 0.3) is 0 Å². The summed E-state index contributed by atoms with van der Waals surface area (Å²) in [4.78, 5) is 22.5. The zero-order valence-electron chi connectivity index (χ0n) is 21.9. The average Bonchev–Trinajstić information content (AvgIpc) is 3.05. The predicted octanol–water partition coefficient (Wildman–Crippen LogP) is 4.67. The Bertz CT molecular complexity index is 1220. The molecule has 0 N–H and O–H groups in total. The summed E-state index contributed by atoms with van der Waals surface area (Å²) in [6.45, 7) is 5.89. The topological polar surface area (TPSA) is 73.8 Å². The summed E-state index contributed by atoms with van der Waals surface area (Å²) >= 11 is 9.95. The number of carbonyl (C=O) groups excluding carboxylic acids is 1. The number of carbonyl (C=O) groups is 1. The molecule has 1 aliphatic carbocycles. The molecular weight excluding hydrogens is 588 g/mol. The molecule has 0 spiro atoms. The molecule has 3 aliphatic rings. The molecule has 10 heteroatoms. The highest BCUT2D eigenvalue weighted by molar-refractivity contribution is 9.10. The van der Waals surface area contributed by atoms with E-state index in [0.717, 1.165) is 54.0 Å². The quantitative estimate of drug-likeness (QED) is 0.468. The molecular formula is C28H36BrClN4O3S. The van der Waals surface area contributed by atoms with Gasteiger partial charge in [-0.1, -0.05) is 24.6 Å². The summed E-state index contributed by atoms with van der Waals surface area (Å²) in [6.07, 6.45) is 6.38. The summed E-state index contributed by atoms with van der Waals surface area (Å²) < 4.78 is 27.3. The molecule has 1 amide bonds. The van der Waals surface area contributed by atoms with Crippen LogP contribution in [-0.4, -0.2) is 78.4 Å². The normalized spacial score (nSPS) is 21.6. The van der Waals surface area contributed by atoms with Crippen LogP contribution in [0.1, 0.15) is 61.0 Å². The molecule has 2 aliphatic heterocycles. The number of fused-ring (bicyclic) bond motifs is 2. The number of sulfonamides is 1. The van der Waals surface area contributed by atoms with Crippen molar-refractivity contribution < 1.29 is 13.2 Å². The van der Waals surface area contributed by atoms with Gasteiger partial charge in [-0.3, -0.25) is 14.7 Å². The number of nitrogens with zero attached hydrogens (tertiary/aromatic N) is 4. The van der Waals surface area contributed by atoms with E-state index in [1.54, 1.807) is 4.31 Å². The Balaban J connectivity index is 1.23. The van der Waals surface area contributed by atoms with Crippen LogP contribution < -0.4 is 0 Å². The number of rotatable bonds is 6. The van der Waals surface area contributed by atoms with Crippen molar-refractivity contribution in [2.24, 2.45) is 5.92 Å². The Hall–Kier alpha value is -1.52. The van der Waals surface area contributed by atoms with Gasteiger partial charge in [0.2, 0.25) is 15.9 Å². The number of pyridine rings is 1. The molecule has 1 aromatic carbocycles. The zero-order valence-corrected chi connectivity index (χ0v) is 25.1. The molecule has 38 heavy (non-hydrogen) atoms. The minimum atomic E-state index is -3.16. The number of halogens is 2. The maximum absolute atomic E-state index is 13.2. The molecule has 0 unspecified atom stereocenters. The first-order valence-electron chi connectivity index (χ1n) is 13.7. The number of hydrogen-bond acceptors (Lipinski definition) is 5. The molecule has 3 heterocycles. The molecule has 1 aromatic heterocycles. The first-order chi connectivity index (χ1) is 18.2. The van der Waals surface area contributed by atoms with Gasteiger partial charge >= 0.3 is 0 Å². The predicted molar refractivity (Wildman–Crippen MR) is 154 cm³/mol. The molecule has 2 saturated heterocycles. The van der Waals surface area contributed by atoms with Crippen molar-refractivity contribution in [3.63, 3.8) is 0 Å². The third-order valence-electron chi connectivity index (χ3n) is 8.21. The van der Waals surface area contributed by atoms with Crippen molar-refractivity contribution in [2.75, 3.05) is 45.0 Å². The molecule has 0 radical (unpaired) electrons. The van der Waals surface area contributed by atoms with Gasteiger partial charge in [-0.25, -0.2) is 12.7 Å². The summed E-state index contributed by atoms with van der Waals surface area (Å²) in [5.41, 5.74) is 4.87. The van der Waals surface area contributed by atoms with E-state index in [4.69, 9.17) is 16.6 Å². The number of hydrogen-bond donors (Lipinski definition) is 0. The van der Waals surface area contributed by atoms with E-state index < -0.39 is 10.0 Å². The summed E-state index contributed by atoms with van der Waals surface area (Å²) in [6, 6.07) is 8.42. The van der Waals surface area contributed by atoms with Gasteiger partial charge in [0.1, 0.15) is 0 Å². The number of amides is 1. The molecule has 206 valence electrons. The zero-order chi connectivity index (χ0) is 26.9. The van der Waals surface area contributed by atoms with E-state index in [2.05, 4.69) is 39.0 Å². The molecule has 0 saturated carbocycles. The maximum atomic E-state index is 13.2. The van der Waals surface area contributed by atoms with Gasteiger partial charge in [0.25, 0.3) is 0 Å². The lowest BCUT2D eigenvalue weighted by Crippen LogP contribution is -2.50. The van der Waals surface area contributed by atoms with Gasteiger partial charge in [-0.15, -0.1) is 0 Å². The highest BCUT2D eigenvalue weighted by atomic mass is 79.9. The fraction of sp³-hybridized carbons (Fsp3) is 0.571. The summed E-state index contributed by atoms with van der Waals surface area (Å²) in [5.74, 6) is 0.646. The molecule has 1 atom stereocenters. The van der Waals surface area contributed by atoms with E-state index in [0.29, 0.717) is 39.0 Å². The Kier molecular flexibility index (Phi) is 8.79. The second-order valence-electron chi connectivity index (χ2n) is 10.7. The van der Waals surface area contributed by atoms with Gasteiger partial charge < -0.3 is 4.90 Å². The smallest absolute Gasteiger partial charge is 0.222 e. The largest absolute Gasteiger partial charge is 0.340 e. The Morgan fingerprint density at radius 1 is 1.05 bits per heavy atom. The van der Waals surface area contributed by atoms with Gasteiger partial charge in [-0.05, 0) is 88.8 Å². The number of benzene rings is 1. The minimum Gasteiger partial charge on any atom is -0.340 e. The molecule has 2 fully saturated rings. The summed E-state index contributed by atoms with van der Waals surface area (Å²) in [5, 5.41) is 0.756. The van der Waals surface area contributed by atoms with Crippen LogP contribution in [0.5, 0.6) is 0 Å². The Morgan fingerprint density at radius 2 is 1.76 bits per heavy atom. The summed E-state index contributed by atoms with van der Waals surface area (Å²) in [7, 11) is -3.16.